The molecule has 1 amide bonds. The van der Waals surface area contributed by atoms with Crippen molar-refractivity contribution in [3.05, 3.63) is 58.9 Å². The Bertz CT molecular complexity index is 688. The normalized spacial score (nSPS) is 10.8. The number of halogens is 1. The molecule has 2 N–H and O–H groups in total. The Kier molecular flexibility index (Phi) is 4.55. The zero-order valence-electron chi connectivity index (χ0n) is 11.2. The van der Waals surface area contributed by atoms with Crippen LogP contribution in [0.15, 0.2) is 35.5 Å². The van der Waals surface area contributed by atoms with Gasteiger partial charge < -0.3 is 10.5 Å². The number of rotatable bonds is 4. The van der Waals surface area contributed by atoms with Crippen LogP contribution >= 0.6 is 0 Å². The molecular weight excluding hydrogens is 275 g/mol. The molecule has 108 valence electrons. The molecule has 0 aliphatic rings. The summed E-state index contributed by atoms with van der Waals surface area (Å²) in [5, 5.41) is 14.0. The number of benzene rings is 1. The van der Waals surface area contributed by atoms with Gasteiger partial charge in [-0.25, -0.2) is 14.4 Å². The van der Waals surface area contributed by atoms with Gasteiger partial charge in [0, 0.05) is 6.54 Å². The molecule has 1 aromatic carbocycles. The third-order valence-electron chi connectivity index (χ3n) is 2.62. The summed E-state index contributed by atoms with van der Waals surface area (Å²) < 4.78 is 13.0. The average Bonchev–Trinajstić information content (AvgIpc) is 2.44. The van der Waals surface area contributed by atoms with E-state index >= 15 is 0 Å². The number of carbonyl (C=O) groups excluding carboxylic acids is 1. The SMILES string of the molecule is Cc1nc(/C=N/O)cc(C(=O)NCc2cccc(F)c2)n1. The van der Waals surface area contributed by atoms with Crippen molar-refractivity contribution >= 4 is 12.1 Å². The second-order valence-corrected chi connectivity index (χ2v) is 4.28. The third-order valence-corrected chi connectivity index (χ3v) is 2.62. The van der Waals surface area contributed by atoms with Crippen molar-refractivity contribution < 1.29 is 14.4 Å². The topological polar surface area (TPSA) is 87.5 Å². The van der Waals surface area contributed by atoms with Crippen molar-refractivity contribution in [1.82, 2.24) is 15.3 Å². The number of aryl methyl sites for hydroxylation is 1. The Morgan fingerprint density at radius 2 is 2.24 bits per heavy atom. The highest BCUT2D eigenvalue weighted by atomic mass is 19.1. The van der Waals surface area contributed by atoms with E-state index < -0.39 is 5.91 Å². The van der Waals surface area contributed by atoms with Crippen LogP contribution in [0.4, 0.5) is 4.39 Å². The molecule has 0 radical (unpaired) electrons. The number of nitrogens with zero attached hydrogens (tertiary/aromatic N) is 3. The predicted molar refractivity (Wildman–Crippen MR) is 73.7 cm³/mol. The van der Waals surface area contributed by atoms with Gasteiger partial charge in [-0.3, -0.25) is 4.79 Å². The minimum absolute atomic E-state index is 0.147. The lowest BCUT2D eigenvalue weighted by molar-refractivity contribution is 0.0945. The van der Waals surface area contributed by atoms with Crippen LogP contribution in [0.25, 0.3) is 0 Å². The van der Waals surface area contributed by atoms with E-state index in [0.29, 0.717) is 17.1 Å². The minimum atomic E-state index is -0.419. The summed E-state index contributed by atoms with van der Waals surface area (Å²) >= 11 is 0. The van der Waals surface area contributed by atoms with Crippen molar-refractivity contribution in [2.75, 3.05) is 0 Å². The van der Waals surface area contributed by atoms with E-state index in [0.717, 1.165) is 6.21 Å². The fourth-order valence-corrected chi connectivity index (χ4v) is 1.75. The van der Waals surface area contributed by atoms with E-state index in [2.05, 4.69) is 20.4 Å². The van der Waals surface area contributed by atoms with Gasteiger partial charge >= 0.3 is 0 Å². The standard InChI is InChI=1S/C14H13FN4O2/c1-9-18-12(8-17-21)6-13(19-9)14(20)16-7-10-3-2-4-11(15)5-10/h2-6,8,21H,7H2,1H3,(H,16,20)/b17-8+. The van der Waals surface area contributed by atoms with Crippen molar-refractivity contribution in [1.29, 1.82) is 0 Å². The maximum absolute atomic E-state index is 13.0. The van der Waals surface area contributed by atoms with E-state index in [1.807, 2.05) is 0 Å². The molecule has 0 spiro atoms. The van der Waals surface area contributed by atoms with Gasteiger partial charge in [0.05, 0.1) is 11.9 Å². The molecule has 2 aromatic rings. The van der Waals surface area contributed by atoms with Gasteiger partial charge in [-0.05, 0) is 30.7 Å². The highest BCUT2D eigenvalue weighted by Gasteiger charge is 2.10. The smallest absolute Gasteiger partial charge is 0.270 e. The molecule has 21 heavy (non-hydrogen) atoms. The lowest BCUT2D eigenvalue weighted by Gasteiger charge is -2.06. The summed E-state index contributed by atoms with van der Waals surface area (Å²) in [5.74, 6) is -0.401. The van der Waals surface area contributed by atoms with Crippen molar-refractivity contribution in [3.63, 3.8) is 0 Å². The van der Waals surface area contributed by atoms with E-state index in [-0.39, 0.29) is 18.1 Å². The summed E-state index contributed by atoms with van der Waals surface area (Å²) in [6.07, 6.45) is 1.11. The van der Waals surface area contributed by atoms with Gasteiger partial charge in [-0.15, -0.1) is 0 Å². The maximum atomic E-state index is 13.0. The molecule has 0 fully saturated rings. The third kappa shape index (κ3) is 4.07. The Labute approximate surface area is 120 Å². The number of nitrogens with one attached hydrogen (secondary N) is 1. The van der Waals surface area contributed by atoms with Gasteiger partial charge in [0.1, 0.15) is 17.3 Å². The van der Waals surface area contributed by atoms with Crippen LogP contribution in [0.1, 0.15) is 27.6 Å². The van der Waals surface area contributed by atoms with Crippen molar-refractivity contribution in [3.8, 4) is 0 Å². The zero-order valence-corrected chi connectivity index (χ0v) is 11.2. The van der Waals surface area contributed by atoms with Gasteiger partial charge in [-0.2, -0.15) is 0 Å². The van der Waals surface area contributed by atoms with Gasteiger partial charge in [0.25, 0.3) is 5.91 Å². The molecule has 0 saturated carbocycles. The Morgan fingerprint density at radius 1 is 1.43 bits per heavy atom. The summed E-state index contributed by atoms with van der Waals surface area (Å²) in [6.45, 7) is 1.81. The molecule has 0 unspecified atom stereocenters. The fourth-order valence-electron chi connectivity index (χ4n) is 1.75. The van der Waals surface area contributed by atoms with E-state index in [9.17, 15) is 9.18 Å². The molecule has 2 rings (SSSR count). The van der Waals surface area contributed by atoms with E-state index in [1.165, 1.54) is 18.2 Å². The summed E-state index contributed by atoms with van der Waals surface area (Å²) in [5.41, 5.74) is 1.11. The van der Waals surface area contributed by atoms with Crippen LogP contribution in [0.3, 0.4) is 0 Å². The van der Waals surface area contributed by atoms with Crippen LogP contribution < -0.4 is 5.32 Å². The molecule has 7 heteroatoms. The van der Waals surface area contributed by atoms with E-state index in [4.69, 9.17) is 5.21 Å². The monoisotopic (exact) mass is 288 g/mol. The second-order valence-electron chi connectivity index (χ2n) is 4.28. The molecular formula is C14H13FN4O2. The molecule has 0 saturated heterocycles. The average molecular weight is 288 g/mol. The Balaban J connectivity index is 2.10. The predicted octanol–water partition coefficient (Wildman–Crippen LogP) is 1.66. The molecule has 0 aliphatic heterocycles. The first-order valence-corrected chi connectivity index (χ1v) is 6.14. The molecule has 1 heterocycles. The van der Waals surface area contributed by atoms with Crippen LogP contribution in [-0.4, -0.2) is 27.3 Å². The summed E-state index contributed by atoms with van der Waals surface area (Å²) in [4.78, 5) is 20.0. The lowest BCUT2D eigenvalue weighted by atomic mass is 10.2. The number of hydrogen-bond donors (Lipinski definition) is 2. The van der Waals surface area contributed by atoms with Gasteiger partial charge in [0.2, 0.25) is 0 Å². The van der Waals surface area contributed by atoms with Crippen LogP contribution in [0, 0.1) is 12.7 Å². The molecule has 0 aliphatic carbocycles. The fraction of sp³-hybridized carbons (Fsp3) is 0.143. The van der Waals surface area contributed by atoms with Crippen molar-refractivity contribution in [2.45, 2.75) is 13.5 Å². The Hall–Kier alpha value is -2.83. The molecule has 0 bridgehead atoms. The summed E-state index contributed by atoms with van der Waals surface area (Å²) in [6, 6.07) is 7.35. The lowest BCUT2D eigenvalue weighted by Crippen LogP contribution is -2.24. The quantitative estimate of drug-likeness (QED) is 0.509. The number of carbonyl (C=O) groups is 1. The summed E-state index contributed by atoms with van der Waals surface area (Å²) in [7, 11) is 0. The first-order valence-electron chi connectivity index (χ1n) is 6.14. The Morgan fingerprint density at radius 3 is 2.95 bits per heavy atom. The van der Waals surface area contributed by atoms with Crippen LogP contribution in [0.5, 0.6) is 0 Å². The van der Waals surface area contributed by atoms with Gasteiger partial charge in [0.15, 0.2) is 0 Å². The van der Waals surface area contributed by atoms with Crippen LogP contribution in [0.2, 0.25) is 0 Å². The first kappa shape index (κ1) is 14.6. The highest BCUT2D eigenvalue weighted by molar-refractivity contribution is 5.93. The zero-order chi connectivity index (χ0) is 15.2. The molecule has 1 aromatic heterocycles. The highest BCUT2D eigenvalue weighted by Crippen LogP contribution is 2.04. The van der Waals surface area contributed by atoms with Gasteiger partial charge in [-0.1, -0.05) is 17.3 Å². The minimum Gasteiger partial charge on any atom is -0.411 e. The molecule has 6 nitrogen and oxygen atoms in total. The largest absolute Gasteiger partial charge is 0.411 e. The number of amides is 1. The number of hydrogen-bond acceptors (Lipinski definition) is 5. The number of oxime groups is 1. The maximum Gasteiger partial charge on any atom is 0.270 e. The first-order chi connectivity index (χ1) is 10.1. The second kappa shape index (κ2) is 6.56. The van der Waals surface area contributed by atoms with Crippen LogP contribution in [-0.2, 0) is 6.54 Å². The number of aromatic nitrogens is 2. The molecule has 0 atom stereocenters. The van der Waals surface area contributed by atoms with E-state index in [1.54, 1.807) is 19.1 Å². The van der Waals surface area contributed by atoms with Crippen molar-refractivity contribution in [2.24, 2.45) is 5.16 Å².